The van der Waals surface area contributed by atoms with Crippen LogP contribution in [0.25, 0.3) is 21.1 Å². The number of nitrogens with zero attached hydrogens (tertiary/aromatic N) is 3. The number of hydrogen-bond donors (Lipinski definition) is 1. The topological polar surface area (TPSA) is 103 Å². The monoisotopic (exact) mass is 509 g/mol. The average Bonchev–Trinajstić information content (AvgIpc) is 3.19. The lowest BCUT2D eigenvalue weighted by atomic mass is 9.99. The summed E-state index contributed by atoms with van der Waals surface area (Å²) in [5.41, 5.74) is 0.0730. The van der Waals surface area contributed by atoms with Crippen LogP contribution in [0.1, 0.15) is 67.2 Å². The summed E-state index contributed by atoms with van der Waals surface area (Å²) >= 11 is 1.08. The minimum Gasteiger partial charge on any atom is -0.456 e. The lowest BCUT2D eigenvalue weighted by Gasteiger charge is -2.21. The molecule has 0 aliphatic rings. The first-order chi connectivity index (χ1) is 16.8. The van der Waals surface area contributed by atoms with E-state index in [0.717, 1.165) is 21.3 Å². The number of thiophene rings is 1. The van der Waals surface area contributed by atoms with Crippen LogP contribution in [0.5, 0.6) is 0 Å². The van der Waals surface area contributed by atoms with Crippen molar-refractivity contribution in [3.63, 3.8) is 0 Å². The number of rotatable bonds is 5. The van der Waals surface area contributed by atoms with Crippen LogP contribution in [0, 0.1) is 12.8 Å². The Labute approximate surface area is 212 Å². The molecule has 4 aromatic rings. The second kappa shape index (κ2) is 9.29. The summed E-state index contributed by atoms with van der Waals surface area (Å²) in [6.45, 7) is 11.3. The van der Waals surface area contributed by atoms with Gasteiger partial charge < -0.3 is 9.84 Å². The summed E-state index contributed by atoms with van der Waals surface area (Å²) in [5, 5.41) is 12.5. The molecule has 0 spiro atoms. The van der Waals surface area contributed by atoms with Crippen LogP contribution in [0.4, 0.5) is 0 Å². The highest BCUT2D eigenvalue weighted by molar-refractivity contribution is 7.19. The molecule has 0 bridgehead atoms. The van der Waals surface area contributed by atoms with E-state index in [1.807, 2.05) is 45.0 Å². The number of hydrogen-bond acceptors (Lipinski definition) is 7. The van der Waals surface area contributed by atoms with Crippen LogP contribution in [-0.4, -0.2) is 30.8 Å². The molecule has 36 heavy (non-hydrogen) atoms. The average molecular weight is 510 g/mol. The van der Waals surface area contributed by atoms with Crippen molar-refractivity contribution in [2.75, 3.05) is 0 Å². The Morgan fingerprint density at radius 1 is 1.19 bits per heavy atom. The number of esters is 1. The van der Waals surface area contributed by atoms with Gasteiger partial charge >= 0.3 is 11.7 Å². The van der Waals surface area contributed by atoms with Crippen molar-refractivity contribution in [2.45, 2.75) is 59.8 Å². The number of pyridine rings is 1. The Bertz CT molecular complexity index is 1600. The van der Waals surface area contributed by atoms with E-state index < -0.39 is 28.9 Å². The number of fused-ring (bicyclic) bond motifs is 2. The lowest BCUT2D eigenvalue weighted by molar-refractivity contribution is 0.00685. The molecule has 4 rings (SSSR count). The van der Waals surface area contributed by atoms with E-state index >= 15 is 0 Å². The first-order valence-corrected chi connectivity index (χ1v) is 12.7. The fourth-order valence-corrected chi connectivity index (χ4v) is 5.59. The predicted octanol–water partition coefficient (Wildman–Crippen LogP) is 4.31. The molecular weight excluding hydrogens is 478 g/mol. The Morgan fingerprint density at radius 3 is 2.50 bits per heavy atom. The number of para-hydroxylation sites is 1. The van der Waals surface area contributed by atoms with Gasteiger partial charge in [-0.3, -0.25) is 18.9 Å². The van der Waals surface area contributed by atoms with Crippen LogP contribution in [0.15, 0.2) is 39.9 Å². The number of aryl methyl sites for hydroxylation is 1. The fourth-order valence-electron chi connectivity index (χ4n) is 4.31. The van der Waals surface area contributed by atoms with Crippen molar-refractivity contribution in [3.8, 4) is 0 Å². The molecule has 0 radical (unpaired) electrons. The molecule has 0 aliphatic heterocycles. The number of carbonyl (C=O) groups excluding carboxylic acids is 1. The maximum absolute atomic E-state index is 13.5. The summed E-state index contributed by atoms with van der Waals surface area (Å²) < 4.78 is 8.20. The molecular formula is C27H31N3O5S. The second-order valence-electron chi connectivity index (χ2n) is 10.4. The quantitative estimate of drug-likeness (QED) is 0.402. The highest BCUT2D eigenvalue weighted by Gasteiger charge is 2.33. The Balaban J connectivity index is 2.10. The van der Waals surface area contributed by atoms with Gasteiger partial charge in [-0.1, -0.05) is 32.0 Å². The number of aliphatic hydroxyl groups is 1. The largest absolute Gasteiger partial charge is 0.456 e. The van der Waals surface area contributed by atoms with Crippen molar-refractivity contribution in [1.29, 1.82) is 0 Å². The molecule has 3 heterocycles. The van der Waals surface area contributed by atoms with Gasteiger partial charge in [-0.2, -0.15) is 0 Å². The molecule has 0 fully saturated rings. The summed E-state index contributed by atoms with van der Waals surface area (Å²) in [5.74, 6) is -0.611. The van der Waals surface area contributed by atoms with Crippen LogP contribution in [0.2, 0.25) is 0 Å². The van der Waals surface area contributed by atoms with Gasteiger partial charge in [0.05, 0.1) is 21.3 Å². The maximum atomic E-state index is 13.5. The van der Waals surface area contributed by atoms with Gasteiger partial charge in [-0.05, 0) is 51.3 Å². The van der Waals surface area contributed by atoms with Gasteiger partial charge in [0.1, 0.15) is 16.5 Å². The third-order valence-corrected chi connectivity index (χ3v) is 7.03. The van der Waals surface area contributed by atoms with E-state index in [1.165, 1.54) is 11.6 Å². The Hall–Kier alpha value is -3.30. The van der Waals surface area contributed by atoms with Gasteiger partial charge in [0.15, 0.2) is 0 Å². The molecule has 3 aromatic heterocycles. The zero-order chi connectivity index (χ0) is 26.5. The van der Waals surface area contributed by atoms with Gasteiger partial charge in [0.25, 0.3) is 5.56 Å². The zero-order valence-corrected chi connectivity index (χ0v) is 22.4. The highest BCUT2D eigenvalue weighted by Crippen LogP contribution is 2.39. The standard InChI is InChI=1S/C27H31N3O5S/c1-14(2)13-30-24-20(23(32)29(7)26(30)34)19(25(33)35-27(4,5)6)22(36-24)21(31)17-12-15(3)28-18-11-9-8-10-16(17)18/h8-12,14,21,31H,13H2,1-7H3. The second-order valence-corrected chi connectivity index (χ2v) is 11.5. The molecule has 1 aromatic carbocycles. The van der Waals surface area contributed by atoms with Gasteiger partial charge in [0, 0.05) is 24.7 Å². The van der Waals surface area contributed by atoms with Crippen LogP contribution < -0.4 is 11.2 Å². The molecule has 0 saturated carbocycles. The molecule has 190 valence electrons. The van der Waals surface area contributed by atoms with E-state index in [0.29, 0.717) is 28.1 Å². The van der Waals surface area contributed by atoms with Crippen molar-refractivity contribution < 1.29 is 14.6 Å². The van der Waals surface area contributed by atoms with Gasteiger partial charge in [-0.15, -0.1) is 11.3 Å². The Kier molecular flexibility index (Phi) is 6.66. The van der Waals surface area contributed by atoms with Crippen LogP contribution in [0.3, 0.4) is 0 Å². The van der Waals surface area contributed by atoms with E-state index in [9.17, 15) is 19.5 Å². The normalized spacial score (nSPS) is 13.0. The third-order valence-electron chi connectivity index (χ3n) is 5.77. The number of aromatic nitrogens is 3. The SMILES string of the molecule is Cc1cc(C(O)c2sc3c(c2C(=O)OC(C)(C)C)c(=O)n(C)c(=O)n3CC(C)C)c2ccccc2n1. The first kappa shape index (κ1) is 25.8. The summed E-state index contributed by atoms with van der Waals surface area (Å²) in [4.78, 5) is 45.1. The van der Waals surface area contributed by atoms with Crippen molar-refractivity contribution in [1.82, 2.24) is 14.1 Å². The minimum atomic E-state index is -1.25. The summed E-state index contributed by atoms with van der Waals surface area (Å²) in [7, 11) is 1.40. The first-order valence-electron chi connectivity index (χ1n) is 11.8. The summed E-state index contributed by atoms with van der Waals surface area (Å²) in [6, 6.07) is 9.20. The van der Waals surface area contributed by atoms with E-state index in [1.54, 1.807) is 26.8 Å². The number of carbonyl (C=O) groups is 1. The molecule has 9 heteroatoms. The molecule has 0 amide bonds. The lowest BCUT2D eigenvalue weighted by Crippen LogP contribution is -2.39. The van der Waals surface area contributed by atoms with Crippen LogP contribution in [-0.2, 0) is 18.3 Å². The Morgan fingerprint density at radius 2 is 1.86 bits per heavy atom. The molecule has 0 aliphatic carbocycles. The molecule has 1 N–H and O–H groups in total. The minimum absolute atomic E-state index is 0.00548. The smallest absolute Gasteiger partial charge is 0.340 e. The zero-order valence-electron chi connectivity index (χ0n) is 21.6. The molecule has 1 unspecified atom stereocenters. The van der Waals surface area contributed by atoms with Crippen molar-refractivity contribution in [2.24, 2.45) is 13.0 Å². The maximum Gasteiger partial charge on any atom is 0.340 e. The van der Waals surface area contributed by atoms with Crippen molar-refractivity contribution in [3.05, 3.63) is 72.9 Å². The van der Waals surface area contributed by atoms with E-state index in [-0.39, 0.29) is 21.7 Å². The molecule has 1 atom stereocenters. The predicted molar refractivity (Wildman–Crippen MR) is 142 cm³/mol. The summed E-state index contributed by atoms with van der Waals surface area (Å²) in [6.07, 6.45) is -1.25. The van der Waals surface area contributed by atoms with Gasteiger partial charge in [-0.25, -0.2) is 9.59 Å². The van der Waals surface area contributed by atoms with E-state index in [2.05, 4.69) is 4.98 Å². The molecule has 0 saturated heterocycles. The third kappa shape index (κ3) is 4.60. The number of benzene rings is 1. The van der Waals surface area contributed by atoms with Gasteiger partial charge in [0.2, 0.25) is 0 Å². The number of ether oxygens (including phenoxy) is 1. The highest BCUT2D eigenvalue weighted by atomic mass is 32.1. The van der Waals surface area contributed by atoms with Crippen LogP contribution >= 0.6 is 11.3 Å². The van der Waals surface area contributed by atoms with Crippen molar-refractivity contribution >= 4 is 38.4 Å². The number of aliphatic hydroxyl groups excluding tert-OH is 1. The van der Waals surface area contributed by atoms with E-state index in [4.69, 9.17) is 4.74 Å². The molecule has 8 nitrogen and oxygen atoms in total. The fraction of sp³-hybridized carbons (Fsp3) is 0.407.